The van der Waals surface area contributed by atoms with Crippen molar-refractivity contribution in [2.45, 2.75) is 20.8 Å². The monoisotopic (exact) mass is 255 g/mol. The zero-order valence-electron chi connectivity index (χ0n) is 9.49. The Hall–Kier alpha value is -0.516. The normalized spacial score (nSPS) is 8.07. The average molecular weight is 255 g/mol. The molecule has 15 heavy (non-hydrogen) atoms. The van der Waals surface area contributed by atoms with Gasteiger partial charge in [0.05, 0.1) is 0 Å². The Labute approximate surface area is 103 Å². The van der Waals surface area contributed by atoms with Crippen molar-refractivity contribution < 1.29 is 33.3 Å². The van der Waals surface area contributed by atoms with Gasteiger partial charge in [0.15, 0.2) is 0 Å². The maximum Gasteiger partial charge on any atom is 0.245 e. The number of aliphatic hydroxyl groups excluding tert-OH is 1. The van der Waals surface area contributed by atoms with Gasteiger partial charge in [-0.15, -0.1) is 0 Å². The summed E-state index contributed by atoms with van der Waals surface area (Å²) in [7, 11) is 0. The molecule has 0 aromatic carbocycles. The standard InChI is InChI=1S/C5H10N2O3.C4H10.V/c8-3-5(10)7-2-1-6-4-9;1-4(2)3;/h4,8H,1-3H2,(H,6,9)(H,7,10);4H,1-3H3;. The second-order valence-corrected chi connectivity index (χ2v) is 3.31. The minimum absolute atomic E-state index is 0. The van der Waals surface area contributed by atoms with Crippen LogP contribution in [-0.2, 0) is 28.1 Å². The van der Waals surface area contributed by atoms with E-state index in [1.165, 1.54) is 0 Å². The van der Waals surface area contributed by atoms with E-state index in [4.69, 9.17) is 5.11 Å². The van der Waals surface area contributed by atoms with Gasteiger partial charge in [-0.25, -0.2) is 0 Å². The molecule has 6 heteroatoms. The van der Waals surface area contributed by atoms with E-state index in [-0.39, 0.29) is 18.6 Å². The zero-order chi connectivity index (χ0) is 11.4. The number of aliphatic hydroxyl groups is 1. The molecule has 2 amide bonds. The van der Waals surface area contributed by atoms with Crippen molar-refractivity contribution in [2.75, 3.05) is 19.7 Å². The number of hydrogen-bond acceptors (Lipinski definition) is 3. The topological polar surface area (TPSA) is 78.4 Å². The fourth-order valence-corrected chi connectivity index (χ4v) is 0.389. The van der Waals surface area contributed by atoms with Crippen LogP contribution in [0, 0.1) is 5.92 Å². The minimum atomic E-state index is -0.513. The van der Waals surface area contributed by atoms with E-state index in [2.05, 4.69) is 31.4 Å². The van der Waals surface area contributed by atoms with Crippen molar-refractivity contribution in [3.63, 3.8) is 0 Å². The first-order valence-electron chi connectivity index (χ1n) is 4.59. The van der Waals surface area contributed by atoms with Gasteiger partial charge in [-0.05, 0) is 5.92 Å². The molecule has 0 aromatic rings. The number of amides is 2. The molecule has 3 N–H and O–H groups in total. The largest absolute Gasteiger partial charge is 0.387 e. The van der Waals surface area contributed by atoms with Crippen LogP contribution < -0.4 is 10.6 Å². The van der Waals surface area contributed by atoms with Crippen molar-refractivity contribution in [2.24, 2.45) is 5.92 Å². The van der Waals surface area contributed by atoms with Gasteiger partial charge in [-0.3, -0.25) is 9.59 Å². The molecule has 0 aliphatic heterocycles. The first-order valence-corrected chi connectivity index (χ1v) is 4.59. The summed E-state index contributed by atoms with van der Waals surface area (Å²) in [6.07, 6.45) is 0.547. The summed E-state index contributed by atoms with van der Waals surface area (Å²) in [4.78, 5) is 19.9. The third kappa shape index (κ3) is 31.7. The molecular weight excluding hydrogens is 235 g/mol. The number of nitrogens with one attached hydrogen (secondary N) is 2. The molecule has 0 heterocycles. The van der Waals surface area contributed by atoms with E-state index in [0.717, 1.165) is 5.92 Å². The van der Waals surface area contributed by atoms with Crippen molar-refractivity contribution >= 4 is 12.3 Å². The second kappa shape index (κ2) is 15.9. The summed E-state index contributed by atoms with van der Waals surface area (Å²) < 4.78 is 0. The molecule has 0 unspecified atom stereocenters. The van der Waals surface area contributed by atoms with Crippen molar-refractivity contribution in [1.82, 2.24) is 10.6 Å². The van der Waals surface area contributed by atoms with E-state index in [1.54, 1.807) is 0 Å². The van der Waals surface area contributed by atoms with E-state index >= 15 is 0 Å². The third-order valence-electron chi connectivity index (χ3n) is 0.818. The van der Waals surface area contributed by atoms with Crippen LogP contribution in [0.25, 0.3) is 0 Å². The van der Waals surface area contributed by atoms with Gasteiger partial charge in [-0.1, -0.05) is 20.8 Å². The fourth-order valence-electron chi connectivity index (χ4n) is 0.389. The number of carbonyl (C=O) groups excluding carboxylic acids is 2. The molecule has 5 nitrogen and oxygen atoms in total. The predicted molar refractivity (Wildman–Crippen MR) is 54.7 cm³/mol. The summed E-state index contributed by atoms with van der Waals surface area (Å²) in [5, 5.41) is 12.9. The van der Waals surface area contributed by atoms with Gasteiger partial charge in [-0.2, -0.15) is 0 Å². The summed E-state index contributed by atoms with van der Waals surface area (Å²) in [6, 6.07) is 0. The van der Waals surface area contributed by atoms with E-state index in [1.807, 2.05) is 0 Å². The van der Waals surface area contributed by atoms with Crippen LogP contribution in [0.2, 0.25) is 0 Å². The molecule has 0 bridgehead atoms. The Kier molecular flexibility index (Phi) is 21.2. The molecule has 0 aliphatic rings. The maximum atomic E-state index is 10.3. The van der Waals surface area contributed by atoms with Crippen LogP contribution in [0.15, 0.2) is 0 Å². The fraction of sp³-hybridized carbons (Fsp3) is 0.778. The number of hydrogen-bond donors (Lipinski definition) is 3. The summed E-state index contributed by atoms with van der Waals surface area (Å²) in [5.41, 5.74) is 0. The Balaban J connectivity index is -0.000000249. The van der Waals surface area contributed by atoms with Crippen LogP contribution in [-0.4, -0.2) is 37.1 Å². The third-order valence-corrected chi connectivity index (χ3v) is 0.818. The number of rotatable bonds is 5. The van der Waals surface area contributed by atoms with Gasteiger partial charge in [0.25, 0.3) is 0 Å². The maximum absolute atomic E-state index is 10.3. The Bertz CT molecular complexity index is 152. The first-order chi connectivity index (χ1) is 6.54. The summed E-state index contributed by atoms with van der Waals surface area (Å²) in [5.74, 6) is 0.396. The summed E-state index contributed by atoms with van der Waals surface area (Å²) in [6.45, 7) is 6.72. The molecule has 0 saturated heterocycles. The first kappa shape index (κ1) is 20.0. The molecule has 89 valence electrons. The Morgan fingerprint density at radius 2 is 1.80 bits per heavy atom. The molecule has 0 saturated carbocycles. The molecule has 1 radical (unpaired) electrons. The van der Waals surface area contributed by atoms with Crippen LogP contribution in [0.3, 0.4) is 0 Å². The van der Waals surface area contributed by atoms with E-state index in [9.17, 15) is 9.59 Å². The molecule has 0 fully saturated rings. The van der Waals surface area contributed by atoms with Crippen LogP contribution in [0.4, 0.5) is 0 Å². The van der Waals surface area contributed by atoms with Crippen molar-refractivity contribution in [3.8, 4) is 0 Å². The quantitative estimate of drug-likeness (QED) is 0.458. The smallest absolute Gasteiger partial charge is 0.245 e. The van der Waals surface area contributed by atoms with Gasteiger partial charge >= 0.3 is 0 Å². The van der Waals surface area contributed by atoms with Crippen LogP contribution in [0.5, 0.6) is 0 Å². The van der Waals surface area contributed by atoms with E-state index < -0.39 is 12.5 Å². The minimum Gasteiger partial charge on any atom is -0.387 e. The molecular formula is C9H20N2O3V. The van der Waals surface area contributed by atoms with Gasteiger partial charge < -0.3 is 15.7 Å². The SMILES string of the molecule is CC(C)C.O=CNCCNC(=O)CO.[V]. The van der Waals surface area contributed by atoms with Crippen LogP contribution >= 0.6 is 0 Å². The second-order valence-electron chi connectivity index (χ2n) is 3.31. The summed E-state index contributed by atoms with van der Waals surface area (Å²) >= 11 is 0. The van der Waals surface area contributed by atoms with Gasteiger partial charge in [0.2, 0.25) is 12.3 Å². The number of carbonyl (C=O) groups is 2. The Morgan fingerprint density at radius 3 is 2.13 bits per heavy atom. The van der Waals surface area contributed by atoms with Crippen molar-refractivity contribution in [1.29, 1.82) is 0 Å². The zero-order valence-corrected chi connectivity index (χ0v) is 10.9. The molecule has 0 rings (SSSR count). The predicted octanol–water partition coefficient (Wildman–Crippen LogP) is -0.499. The van der Waals surface area contributed by atoms with E-state index in [0.29, 0.717) is 19.5 Å². The van der Waals surface area contributed by atoms with Gasteiger partial charge in [0.1, 0.15) is 6.61 Å². The van der Waals surface area contributed by atoms with Gasteiger partial charge in [0, 0.05) is 31.6 Å². The average Bonchev–Trinajstić information content (AvgIpc) is 2.11. The van der Waals surface area contributed by atoms with Crippen molar-refractivity contribution in [3.05, 3.63) is 0 Å². The molecule has 0 spiro atoms. The van der Waals surface area contributed by atoms with Crippen LogP contribution in [0.1, 0.15) is 20.8 Å². The molecule has 0 aromatic heterocycles. The molecule has 0 aliphatic carbocycles. The Morgan fingerprint density at radius 1 is 1.33 bits per heavy atom. The molecule has 0 atom stereocenters.